The Hall–Kier alpha value is -2.94. The number of carbonyl (C=O) groups is 1. The number of H-pyrrole nitrogens is 1. The van der Waals surface area contributed by atoms with Crippen LogP contribution < -0.4 is 5.43 Å². The molecular weight excluding hydrogens is 353 g/mol. The summed E-state index contributed by atoms with van der Waals surface area (Å²) in [5.74, 6) is -0.526. The molecule has 5 nitrogen and oxygen atoms in total. The number of aromatic nitrogens is 2. The number of nitrogens with one attached hydrogen (secondary N) is 2. The molecule has 0 fully saturated rings. The van der Waals surface area contributed by atoms with Crippen molar-refractivity contribution in [3.8, 4) is 10.6 Å². The van der Waals surface area contributed by atoms with Crippen LogP contribution in [0, 0.1) is 0 Å². The molecular formula is C16H11F3N4OS. The van der Waals surface area contributed by atoms with Gasteiger partial charge in [0.15, 0.2) is 5.69 Å². The second-order valence-electron chi connectivity index (χ2n) is 4.96. The second-order valence-corrected chi connectivity index (χ2v) is 5.91. The van der Waals surface area contributed by atoms with E-state index < -0.39 is 17.6 Å². The topological polar surface area (TPSA) is 70.1 Å². The number of thiophene rings is 1. The van der Waals surface area contributed by atoms with Crippen LogP contribution in [0.4, 0.5) is 13.2 Å². The summed E-state index contributed by atoms with van der Waals surface area (Å²) in [6, 6.07) is 9.80. The largest absolute Gasteiger partial charge is 0.416 e. The van der Waals surface area contributed by atoms with Crippen LogP contribution in [-0.4, -0.2) is 22.3 Å². The summed E-state index contributed by atoms with van der Waals surface area (Å²) in [6.07, 6.45) is -3.13. The predicted molar refractivity (Wildman–Crippen MR) is 88.4 cm³/mol. The van der Waals surface area contributed by atoms with Gasteiger partial charge in [-0.2, -0.15) is 23.4 Å². The van der Waals surface area contributed by atoms with E-state index in [9.17, 15) is 18.0 Å². The number of amides is 1. The molecule has 2 N–H and O–H groups in total. The highest BCUT2D eigenvalue weighted by atomic mass is 32.1. The number of carbonyl (C=O) groups excluding carboxylic acids is 1. The Morgan fingerprint density at radius 1 is 1.24 bits per heavy atom. The van der Waals surface area contributed by atoms with Crippen LogP contribution in [0.2, 0.25) is 0 Å². The maximum atomic E-state index is 12.5. The summed E-state index contributed by atoms with van der Waals surface area (Å²) in [5.41, 5.74) is 2.84. The first kappa shape index (κ1) is 16.9. The van der Waals surface area contributed by atoms with Crippen molar-refractivity contribution in [2.24, 2.45) is 5.10 Å². The van der Waals surface area contributed by atoms with Crippen LogP contribution in [0.5, 0.6) is 0 Å². The molecule has 0 bridgehead atoms. The van der Waals surface area contributed by atoms with E-state index in [-0.39, 0.29) is 5.69 Å². The van der Waals surface area contributed by atoms with E-state index in [4.69, 9.17) is 0 Å². The van der Waals surface area contributed by atoms with Gasteiger partial charge in [-0.3, -0.25) is 9.89 Å². The Morgan fingerprint density at radius 2 is 2.00 bits per heavy atom. The van der Waals surface area contributed by atoms with Crippen LogP contribution in [0.3, 0.4) is 0 Å². The van der Waals surface area contributed by atoms with E-state index in [2.05, 4.69) is 20.7 Å². The van der Waals surface area contributed by atoms with Crippen LogP contribution in [0.1, 0.15) is 21.6 Å². The highest BCUT2D eigenvalue weighted by Crippen LogP contribution is 2.28. The molecule has 0 aliphatic carbocycles. The van der Waals surface area contributed by atoms with Gasteiger partial charge in [0.2, 0.25) is 0 Å². The first-order valence-corrected chi connectivity index (χ1v) is 7.91. The Labute approximate surface area is 144 Å². The minimum atomic E-state index is -4.38. The molecule has 2 aromatic heterocycles. The summed E-state index contributed by atoms with van der Waals surface area (Å²) < 4.78 is 37.4. The summed E-state index contributed by atoms with van der Waals surface area (Å²) in [5, 5.41) is 12.3. The number of aromatic amines is 1. The van der Waals surface area contributed by atoms with Crippen molar-refractivity contribution in [3.63, 3.8) is 0 Å². The van der Waals surface area contributed by atoms with E-state index in [0.29, 0.717) is 11.3 Å². The van der Waals surface area contributed by atoms with Gasteiger partial charge in [0.1, 0.15) is 0 Å². The van der Waals surface area contributed by atoms with Gasteiger partial charge < -0.3 is 0 Å². The average Bonchev–Trinajstić information content (AvgIpc) is 3.25. The molecule has 0 saturated carbocycles. The first-order valence-electron chi connectivity index (χ1n) is 7.03. The second kappa shape index (κ2) is 6.89. The number of benzene rings is 1. The molecule has 0 saturated heterocycles. The Bertz CT molecular complexity index is 883. The lowest BCUT2D eigenvalue weighted by Crippen LogP contribution is -2.18. The van der Waals surface area contributed by atoms with Crippen LogP contribution >= 0.6 is 11.3 Å². The molecule has 128 valence electrons. The van der Waals surface area contributed by atoms with Gasteiger partial charge in [0.25, 0.3) is 5.91 Å². The zero-order chi connectivity index (χ0) is 17.9. The van der Waals surface area contributed by atoms with Crippen molar-refractivity contribution >= 4 is 23.5 Å². The van der Waals surface area contributed by atoms with Gasteiger partial charge in [0.05, 0.1) is 22.3 Å². The van der Waals surface area contributed by atoms with E-state index in [1.54, 1.807) is 6.07 Å². The fourth-order valence-electron chi connectivity index (χ4n) is 1.98. The van der Waals surface area contributed by atoms with Gasteiger partial charge in [-0.25, -0.2) is 5.43 Å². The van der Waals surface area contributed by atoms with Gasteiger partial charge in [-0.15, -0.1) is 11.3 Å². The molecule has 1 aromatic carbocycles. The highest BCUT2D eigenvalue weighted by Gasteiger charge is 2.29. The average molecular weight is 364 g/mol. The number of hydrogen-bond donors (Lipinski definition) is 2. The Kier molecular flexibility index (Phi) is 4.66. The zero-order valence-electron chi connectivity index (χ0n) is 12.5. The zero-order valence-corrected chi connectivity index (χ0v) is 13.4. The number of hydrazone groups is 1. The van der Waals surface area contributed by atoms with E-state index in [1.165, 1.54) is 29.7 Å². The fraction of sp³-hybridized carbons (Fsp3) is 0.0625. The van der Waals surface area contributed by atoms with Crippen LogP contribution in [0.15, 0.2) is 52.9 Å². The third-order valence-corrected chi connectivity index (χ3v) is 4.12. The van der Waals surface area contributed by atoms with Gasteiger partial charge in [-0.05, 0) is 35.2 Å². The molecule has 1 amide bonds. The number of nitrogens with zero attached hydrogens (tertiary/aromatic N) is 2. The van der Waals surface area contributed by atoms with Gasteiger partial charge in [-0.1, -0.05) is 18.2 Å². The molecule has 0 aliphatic rings. The third kappa shape index (κ3) is 4.13. The summed E-state index contributed by atoms with van der Waals surface area (Å²) in [4.78, 5) is 12.9. The van der Waals surface area contributed by atoms with Crippen molar-refractivity contribution in [2.45, 2.75) is 6.18 Å². The molecule has 0 aliphatic heterocycles. The van der Waals surface area contributed by atoms with E-state index in [0.717, 1.165) is 17.0 Å². The predicted octanol–water partition coefficient (Wildman–Crippen LogP) is 3.92. The fourth-order valence-corrected chi connectivity index (χ4v) is 2.67. The van der Waals surface area contributed by atoms with Crippen molar-refractivity contribution in [2.75, 3.05) is 0 Å². The molecule has 0 unspecified atom stereocenters. The maximum absolute atomic E-state index is 12.5. The summed E-state index contributed by atoms with van der Waals surface area (Å²) >= 11 is 1.51. The molecule has 2 heterocycles. The lowest BCUT2D eigenvalue weighted by atomic mass is 10.1. The number of rotatable bonds is 4. The Morgan fingerprint density at radius 3 is 2.64 bits per heavy atom. The van der Waals surface area contributed by atoms with Crippen molar-refractivity contribution in [3.05, 3.63) is 64.7 Å². The Balaban J connectivity index is 1.61. The normalized spacial score (nSPS) is 11.8. The highest BCUT2D eigenvalue weighted by molar-refractivity contribution is 7.13. The molecule has 9 heteroatoms. The first-order chi connectivity index (χ1) is 11.9. The maximum Gasteiger partial charge on any atom is 0.416 e. The van der Waals surface area contributed by atoms with E-state index >= 15 is 0 Å². The molecule has 25 heavy (non-hydrogen) atoms. The number of halogens is 3. The molecule has 0 spiro atoms. The van der Waals surface area contributed by atoms with Gasteiger partial charge in [0, 0.05) is 0 Å². The molecule has 3 aromatic rings. The lowest BCUT2D eigenvalue weighted by Gasteiger charge is -2.05. The molecule has 0 radical (unpaired) electrons. The minimum Gasteiger partial charge on any atom is -0.276 e. The number of alkyl halides is 3. The third-order valence-electron chi connectivity index (χ3n) is 3.21. The molecule has 3 rings (SSSR count). The van der Waals surface area contributed by atoms with Crippen molar-refractivity contribution < 1.29 is 18.0 Å². The van der Waals surface area contributed by atoms with E-state index in [1.807, 2.05) is 17.5 Å². The standard InChI is InChI=1S/C16H11F3N4OS/c17-16(18,19)11-5-3-10(4-6-11)9-20-23-15(24)13-8-12(21-22-13)14-2-1-7-25-14/h1-9H,(H,21,22)(H,23,24)/b20-9-. The number of hydrogen-bond acceptors (Lipinski definition) is 4. The summed E-state index contributed by atoms with van der Waals surface area (Å²) in [7, 11) is 0. The SMILES string of the molecule is O=C(N/N=C\c1ccc(C(F)(F)F)cc1)c1cc(-c2cccs2)[nH]n1. The van der Waals surface area contributed by atoms with Crippen molar-refractivity contribution in [1.82, 2.24) is 15.6 Å². The summed E-state index contributed by atoms with van der Waals surface area (Å²) in [6.45, 7) is 0. The smallest absolute Gasteiger partial charge is 0.276 e. The molecule has 0 atom stereocenters. The lowest BCUT2D eigenvalue weighted by molar-refractivity contribution is -0.137. The van der Waals surface area contributed by atoms with Crippen molar-refractivity contribution in [1.29, 1.82) is 0 Å². The quantitative estimate of drug-likeness (QED) is 0.544. The van der Waals surface area contributed by atoms with Crippen LogP contribution in [-0.2, 0) is 6.18 Å². The monoisotopic (exact) mass is 364 g/mol. The minimum absolute atomic E-state index is 0.160. The van der Waals surface area contributed by atoms with Gasteiger partial charge >= 0.3 is 6.18 Å². The van der Waals surface area contributed by atoms with Crippen LogP contribution in [0.25, 0.3) is 10.6 Å².